The Labute approximate surface area is 162 Å². The molecule has 1 saturated heterocycles. The number of guanidine groups is 1. The van der Waals surface area contributed by atoms with Crippen molar-refractivity contribution in [2.24, 2.45) is 10.9 Å². The Hall–Kier alpha value is -1.95. The van der Waals surface area contributed by atoms with Gasteiger partial charge in [0.15, 0.2) is 17.5 Å². The van der Waals surface area contributed by atoms with E-state index in [-0.39, 0.29) is 5.41 Å². The third kappa shape index (κ3) is 4.86. The minimum atomic E-state index is -0.0951. The van der Waals surface area contributed by atoms with Gasteiger partial charge in [-0.15, -0.1) is 0 Å². The molecule has 2 aliphatic rings. The van der Waals surface area contributed by atoms with Gasteiger partial charge in [-0.2, -0.15) is 0 Å². The van der Waals surface area contributed by atoms with E-state index in [1.54, 1.807) is 7.11 Å². The first-order chi connectivity index (χ1) is 13.0. The van der Waals surface area contributed by atoms with Gasteiger partial charge < -0.3 is 24.4 Å². The molecular formula is C21H33N3O3. The molecule has 0 spiro atoms. The van der Waals surface area contributed by atoms with Crippen molar-refractivity contribution in [3.05, 3.63) is 23.8 Å². The van der Waals surface area contributed by atoms with Crippen LogP contribution in [0.15, 0.2) is 23.2 Å². The van der Waals surface area contributed by atoms with Gasteiger partial charge in [-0.3, -0.25) is 4.99 Å². The third-order valence-corrected chi connectivity index (χ3v) is 5.27. The number of methoxy groups -OCH3 is 1. The summed E-state index contributed by atoms with van der Waals surface area (Å²) in [5.41, 5.74) is 1.12. The van der Waals surface area contributed by atoms with Crippen molar-refractivity contribution in [1.29, 1.82) is 0 Å². The van der Waals surface area contributed by atoms with Gasteiger partial charge in [0.05, 0.1) is 13.2 Å². The molecule has 1 aromatic carbocycles. The maximum Gasteiger partial charge on any atom is 0.193 e. The molecule has 1 atom stereocenters. The monoisotopic (exact) mass is 375 g/mol. The van der Waals surface area contributed by atoms with E-state index in [0.717, 1.165) is 50.1 Å². The average Bonchev–Trinajstić information content (AvgIpc) is 3.13. The summed E-state index contributed by atoms with van der Waals surface area (Å²) in [6, 6.07) is 6.23. The fraction of sp³-hybridized carbons (Fsp3) is 0.667. The van der Waals surface area contributed by atoms with Crippen molar-refractivity contribution >= 4 is 5.96 Å². The minimum absolute atomic E-state index is 0.0951. The predicted octanol–water partition coefficient (Wildman–Crippen LogP) is 2.67. The van der Waals surface area contributed by atoms with Gasteiger partial charge in [0.2, 0.25) is 0 Å². The summed E-state index contributed by atoms with van der Waals surface area (Å²) >= 11 is 0. The SMILES string of the molecule is CCNC(=NCC(C)(C)c1ccc2c(c1)OCCO2)N1CCC(COC)C1. The molecule has 2 aliphatic heterocycles. The highest BCUT2D eigenvalue weighted by atomic mass is 16.6. The number of rotatable bonds is 6. The quantitative estimate of drug-likeness (QED) is 0.612. The normalized spacial score (nSPS) is 20.1. The average molecular weight is 376 g/mol. The topological polar surface area (TPSA) is 55.3 Å². The molecule has 1 N–H and O–H groups in total. The lowest BCUT2D eigenvalue weighted by atomic mass is 9.84. The number of hydrogen-bond acceptors (Lipinski definition) is 4. The molecule has 1 aromatic rings. The zero-order valence-corrected chi connectivity index (χ0v) is 17.1. The van der Waals surface area contributed by atoms with Crippen LogP contribution in [-0.4, -0.2) is 64.0 Å². The van der Waals surface area contributed by atoms with Crippen molar-refractivity contribution in [1.82, 2.24) is 10.2 Å². The van der Waals surface area contributed by atoms with Gasteiger partial charge >= 0.3 is 0 Å². The molecule has 1 fully saturated rings. The Morgan fingerprint density at radius 1 is 1.30 bits per heavy atom. The molecule has 6 heteroatoms. The lowest BCUT2D eigenvalue weighted by Gasteiger charge is -2.28. The van der Waals surface area contributed by atoms with Gasteiger partial charge in [0.25, 0.3) is 0 Å². The van der Waals surface area contributed by atoms with Crippen LogP contribution in [0.2, 0.25) is 0 Å². The van der Waals surface area contributed by atoms with Crippen LogP contribution in [0.25, 0.3) is 0 Å². The van der Waals surface area contributed by atoms with Crippen molar-refractivity contribution in [3.8, 4) is 11.5 Å². The molecule has 0 aliphatic carbocycles. The highest BCUT2D eigenvalue weighted by Crippen LogP contribution is 2.35. The Balaban J connectivity index is 1.71. The molecule has 0 aromatic heterocycles. The van der Waals surface area contributed by atoms with E-state index in [4.69, 9.17) is 19.2 Å². The standard InChI is InChI=1S/C21H33N3O3/c1-5-22-20(24-9-8-16(13-24)14-25-4)23-15-21(2,3)17-6-7-18-19(12-17)27-11-10-26-18/h6-7,12,16H,5,8-11,13-15H2,1-4H3,(H,22,23). The second kappa shape index (κ2) is 8.83. The van der Waals surface area contributed by atoms with E-state index in [2.05, 4.69) is 43.1 Å². The maximum atomic E-state index is 5.75. The van der Waals surface area contributed by atoms with E-state index < -0.39 is 0 Å². The van der Waals surface area contributed by atoms with Gasteiger partial charge in [-0.1, -0.05) is 19.9 Å². The molecule has 0 amide bonds. The summed E-state index contributed by atoms with van der Waals surface area (Å²) in [6.45, 7) is 12.2. The molecule has 2 heterocycles. The lowest BCUT2D eigenvalue weighted by Crippen LogP contribution is -2.41. The fourth-order valence-corrected chi connectivity index (χ4v) is 3.65. The summed E-state index contributed by atoms with van der Waals surface area (Å²) in [7, 11) is 1.78. The first-order valence-corrected chi connectivity index (χ1v) is 9.96. The molecule has 27 heavy (non-hydrogen) atoms. The summed E-state index contributed by atoms with van der Waals surface area (Å²) in [4.78, 5) is 7.32. The van der Waals surface area contributed by atoms with Crippen LogP contribution >= 0.6 is 0 Å². The van der Waals surface area contributed by atoms with Crippen molar-refractivity contribution in [2.75, 3.05) is 53.1 Å². The highest BCUT2D eigenvalue weighted by molar-refractivity contribution is 5.80. The molecular weight excluding hydrogens is 342 g/mol. The second-order valence-electron chi connectivity index (χ2n) is 7.97. The number of ether oxygens (including phenoxy) is 3. The van der Waals surface area contributed by atoms with Crippen LogP contribution in [0.1, 0.15) is 32.8 Å². The number of fused-ring (bicyclic) bond motifs is 1. The number of hydrogen-bond donors (Lipinski definition) is 1. The molecule has 0 saturated carbocycles. The highest BCUT2D eigenvalue weighted by Gasteiger charge is 2.27. The first-order valence-electron chi connectivity index (χ1n) is 9.96. The maximum absolute atomic E-state index is 5.75. The fourth-order valence-electron chi connectivity index (χ4n) is 3.65. The van der Waals surface area contributed by atoms with Gasteiger partial charge in [0.1, 0.15) is 13.2 Å². The second-order valence-corrected chi connectivity index (χ2v) is 7.97. The molecule has 150 valence electrons. The summed E-state index contributed by atoms with van der Waals surface area (Å²) < 4.78 is 16.7. The Kier molecular flexibility index (Phi) is 6.47. The Morgan fingerprint density at radius 3 is 2.81 bits per heavy atom. The number of likely N-dealkylation sites (tertiary alicyclic amines) is 1. The first kappa shape index (κ1) is 19.8. The lowest BCUT2D eigenvalue weighted by molar-refractivity contribution is 0.157. The Bertz CT molecular complexity index is 660. The molecule has 1 unspecified atom stereocenters. The zero-order chi connectivity index (χ0) is 19.3. The van der Waals surface area contributed by atoms with E-state index in [0.29, 0.717) is 25.7 Å². The van der Waals surface area contributed by atoms with E-state index in [9.17, 15) is 0 Å². The number of nitrogens with zero attached hydrogens (tertiary/aromatic N) is 2. The van der Waals surface area contributed by atoms with Crippen molar-refractivity contribution < 1.29 is 14.2 Å². The molecule has 3 rings (SSSR count). The largest absolute Gasteiger partial charge is 0.486 e. The number of benzene rings is 1. The van der Waals surface area contributed by atoms with Crippen LogP contribution in [0.5, 0.6) is 11.5 Å². The zero-order valence-electron chi connectivity index (χ0n) is 17.1. The number of aliphatic imine (C=N–C) groups is 1. The molecule has 6 nitrogen and oxygen atoms in total. The van der Waals surface area contributed by atoms with E-state index in [1.807, 2.05) is 6.07 Å². The summed E-state index contributed by atoms with van der Waals surface area (Å²) in [5, 5.41) is 3.45. The number of nitrogens with one attached hydrogen (secondary N) is 1. The third-order valence-electron chi connectivity index (χ3n) is 5.27. The van der Waals surface area contributed by atoms with Gasteiger partial charge in [-0.25, -0.2) is 0 Å². The van der Waals surface area contributed by atoms with Crippen molar-refractivity contribution in [3.63, 3.8) is 0 Å². The van der Waals surface area contributed by atoms with Crippen molar-refractivity contribution in [2.45, 2.75) is 32.6 Å². The van der Waals surface area contributed by atoms with Gasteiger partial charge in [0, 0.05) is 38.1 Å². The molecule has 0 radical (unpaired) electrons. The summed E-state index contributed by atoms with van der Waals surface area (Å²) in [5.74, 6) is 3.26. The minimum Gasteiger partial charge on any atom is -0.486 e. The van der Waals surface area contributed by atoms with Crippen LogP contribution in [0.3, 0.4) is 0 Å². The van der Waals surface area contributed by atoms with Crippen LogP contribution in [0.4, 0.5) is 0 Å². The van der Waals surface area contributed by atoms with E-state index >= 15 is 0 Å². The van der Waals surface area contributed by atoms with E-state index in [1.165, 1.54) is 5.56 Å². The van der Waals surface area contributed by atoms with Crippen LogP contribution in [0, 0.1) is 5.92 Å². The van der Waals surface area contributed by atoms with Crippen LogP contribution in [-0.2, 0) is 10.2 Å². The molecule has 0 bridgehead atoms. The Morgan fingerprint density at radius 2 is 2.07 bits per heavy atom. The smallest absolute Gasteiger partial charge is 0.193 e. The summed E-state index contributed by atoms with van der Waals surface area (Å²) in [6.07, 6.45) is 1.16. The predicted molar refractivity (Wildman–Crippen MR) is 108 cm³/mol. The van der Waals surface area contributed by atoms with Gasteiger partial charge in [-0.05, 0) is 31.0 Å². The van der Waals surface area contributed by atoms with Crippen LogP contribution < -0.4 is 14.8 Å².